The number of aromatic carboxylic acids is 1. The van der Waals surface area contributed by atoms with Crippen molar-refractivity contribution in [3.63, 3.8) is 0 Å². The lowest BCUT2D eigenvalue weighted by atomic mass is 10.2. The van der Waals surface area contributed by atoms with Crippen molar-refractivity contribution >= 4 is 19.2 Å². The quantitative estimate of drug-likeness (QED) is 0.834. The largest absolute Gasteiger partial charge is 0.478 e. The van der Waals surface area contributed by atoms with Gasteiger partial charge in [-0.05, 0) is 12.1 Å². The number of carboxylic acid groups (broad SMARTS) is 1. The molecule has 5 heteroatoms. The van der Waals surface area contributed by atoms with E-state index in [1.165, 1.54) is 0 Å². The Morgan fingerprint density at radius 1 is 1.11 bits per heavy atom. The van der Waals surface area contributed by atoms with Gasteiger partial charge in [0, 0.05) is 5.19 Å². The predicted octanol–water partition coefficient (Wildman–Crippen LogP) is 3.38. The normalized spacial score (nSPS) is 11.6. The van der Waals surface area contributed by atoms with Crippen molar-refractivity contribution in [1.82, 2.24) is 0 Å². The predicted molar refractivity (Wildman–Crippen MR) is 70.1 cm³/mol. The van der Waals surface area contributed by atoms with Gasteiger partial charge >= 0.3 is 5.97 Å². The average molecular weight is 272 g/mol. The van der Waals surface area contributed by atoms with Gasteiger partial charge in [0.15, 0.2) is 0 Å². The summed E-state index contributed by atoms with van der Waals surface area (Å²) in [5, 5.41) is 8.93. The van der Waals surface area contributed by atoms with Crippen molar-refractivity contribution in [3.05, 3.63) is 29.3 Å². The molecule has 100 valence electrons. The van der Waals surface area contributed by atoms with Crippen LogP contribution in [0.3, 0.4) is 0 Å². The molecular weight excluding hydrogens is 254 g/mol. The number of hydrogen-bond donors (Lipinski definition) is 1. The second kappa shape index (κ2) is 5.61. The zero-order chi connectivity index (χ0) is 13.9. The second-order valence-electron chi connectivity index (χ2n) is 4.46. The highest BCUT2D eigenvalue weighted by Gasteiger charge is 2.35. The minimum absolute atomic E-state index is 0.153. The third kappa shape index (κ3) is 2.45. The van der Waals surface area contributed by atoms with Gasteiger partial charge in [-0.25, -0.2) is 13.6 Å². The fourth-order valence-electron chi connectivity index (χ4n) is 2.48. The van der Waals surface area contributed by atoms with Crippen molar-refractivity contribution in [3.8, 4) is 0 Å². The first-order valence-electron chi connectivity index (χ1n) is 6.14. The van der Waals surface area contributed by atoms with Crippen molar-refractivity contribution in [2.75, 3.05) is 0 Å². The molecule has 1 N–H and O–H groups in total. The van der Waals surface area contributed by atoms with Crippen molar-refractivity contribution in [1.29, 1.82) is 0 Å². The average Bonchev–Trinajstić information content (AvgIpc) is 2.34. The molecule has 0 saturated heterocycles. The van der Waals surface area contributed by atoms with Crippen molar-refractivity contribution < 1.29 is 18.7 Å². The molecule has 1 rings (SSSR count). The number of rotatable bonds is 5. The van der Waals surface area contributed by atoms with Crippen LogP contribution in [0.5, 0.6) is 0 Å². The van der Waals surface area contributed by atoms with Crippen LogP contribution in [0.2, 0.25) is 18.1 Å². The third-order valence-electron chi connectivity index (χ3n) is 3.85. The van der Waals surface area contributed by atoms with Crippen LogP contribution < -0.4 is 5.19 Å². The summed E-state index contributed by atoms with van der Waals surface area (Å²) in [5.41, 5.74) is -0.333. The third-order valence-corrected chi connectivity index (χ3v) is 9.45. The van der Waals surface area contributed by atoms with Crippen LogP contribution >= 0.6 is 0 Å². The maximum Gasteiger partial charge on any atom is 0.335 e. The summed E-state index contributed by atoms with van der Waals surface area (Å²) in [4.78, 5) is 10.8. The van der Waals surface area contributed by atoms with Gasteiger partial charge in [-0.15, -0.1) is 0 Å². The zero-order valence-corrected chi connectivity index (χ0v) is 11.9. The molecule has 0 aromatic heterocycles. The highest BCUT2D eigenvalue weighted by atomic mass is 28.3. The zero-order valence-electron chi connectivity index (χ0n) is 10.9. The molecule has 0 unspecified atom stereocenters. The van der Waals surface area contributed by atoms with Crippen LogP contribution in [0.25, 0.3) is 0 Å². The fraction of sp³-hybridized carbons (Fsp3) is 0.462. The molecule has 0 aliphatic heterocycles. The fourth-order valence-corrected chi connectivity index (χ4v) is 6.20. The first-order valence-corrected chi connectivity index (χ1v) is 8.76. The number of benzene rings is 1. The molecule has 2 nitrogen and oxygen atoms in total. The van der Waals surface area contributed by atoms with Gasteiger partial charge in [0.1, 0.15) is 11.6 Å². The monoisotopic (exact) mass is 272 g/mol. The van der Waals surface area contributed by atoms with Gasteiger partial charge in [-0.3, -0.25) is 0 Å². The van der Waals surface area contributed by atoms with E-state index in [0.717, 1.165) is 30.3 Å². The molecule has 0 saturated carbocycles. The number of carboxylic acids is 1. The summed E-state index contributed by atoms with van der Waals surface area (Å²) in [6.07, 6.45) is 0. The van der Waals surface area contributed by atoms with E-state index in [-0.39, 0.29) is 10.8 Å². The lowest BCUT2D eigenvalue weighted by Gasteiger charge is -2.29. The van der Waals surface area contributed by atoms with Gasteiger partial charge in [-0.1, -0.05) is 38.9 Å². The Hall–Kier alpha value is -1.23. The standard InChI is InChI=1S/C13H18F2O2Si/c1-4-18(5-2,6-3)12-10(14)7-9(13(16)17)8-11(12)15/h7-8H,4-6H2,1-3H3,(H,16,17). The minimum Gasteiger partial charge on any atom is -0.478 e. The van der Waals surface area contributed by atoms with Crippen LogP contribution in [0, 0.1) is 11.6 Å². The molecule has 1 aromatic rings. The van der Waals surface area contributed by atoms with Crippen LogP contribution in [-0.2, 0) is 0 Å². The topological polar surface area (TPSA) is 37.3 Å². The molecular formula is C13H18F2O2Si. The minimum atomic E-state index is -2.18. The number of hydrogen-bond acceptors (Lipinski definition) is 1. The number of halogens is 2. The molecule has 0 bridgehead atoms. The van der Waals surface area contributed by atoms with Gasteiger partial charge in [-0.2, -0.15) is 0 Å². The van der Waals surface area contributed by atoms with Crippen LogP contribution in [-0.4, -0.2) is 19.1 Å². The Morgan fingerprint density at radius 2 is 1.50 bits per heavy atom. The van der Waals surface area contributed by atoms with Gasteiger partial charge in [0.25, 0.3) is 0 Å². The van der Waals surface area contributed by atoms with Gasteiger partial charge < -0.3 is 5.11 Å². The Balaban J connectivity index is 3.46. The molecule has 0 amide bonds. The van der Waals surface area contributed by atoms with E-state index >= 15 is 0 Å². The molecule has 1 aromatic carbocycles. The Labute approximate surface area is 107 Å². The lowest BCUT2D eigenvalue weighted by Crippen LogP contribution is -2.49. The lowest BCUT2D eigenvalue weighted by molar-refractivity contribution is 0.0696. The van der Waals surface area contributed by atoms with Crippen LogP contribution in [0.4, 0.5) is 8.78 Å². The van der Waals surface area contributed by atoms with E-state index in [1.54, 1.807) is 0 Å². The van der Waals surface area contributed by atoms with E-state index in [2.05, 4.69) is 0 Å². The maximum atomic E-state index is 14.1. The van der Waals surface area contributed by atoms with Gasteiger partial charge in [0.2, 0.25) is 0 Å². The van der Waals surface area contributed by atoms with E-state index < -0.39 is 25.7 Å². The highest BCUT2D eigenvalue weighted by molar-refractivity contribution is 6.91. The Bertz CT molecular complexity index is 425. The first-order chi connectivity index (χ1) is 8.41. The summed E-state index contributed by atoms with van der Waals surface area (Å²) in [7, 11) is -2.18. The van der Waals surface area contributed by atoms with Crippen LogP contribution in [0.15, 0.2) is 12.1 Å². The molecule has 0 heterocycles. The van der Waals surface area contributed by atoms with E-state index in [0.29, 0.717) is 0 Å². The smallest absolute Gasteiger partial charge is 0.335 e. The Morgan fingerprint density at radius 3 is 1.78 bits per heavy atom. The highest BCUT2D eigenvalue weighted by Crippen LogP contribution is 2.23. The molecule has 0 atom stereocenters. The molecule has 0 aliphatic carbocycles. The molecule has 18 heavy (non-hydrogen) atoms. The maximum absolute atomic E-state index is 14.1. The number of carbonyl (C=O) groups is 1. The molecule has 0 spiro atoms. The van der Waals surface area contributed by atoms with E-state index in [1.807, 2.05) is 20.8 Å². The van der Waals surface area contributed by atoms with Crippen molar-refractivity contribution in [2.45, 2.75) is 38.9 Å². The molecule has 0 aliphatic rings. The Kier molecular flexibility index (Phi) is 4.62. The second-order valence-corrected chi connectivity index (χ2v) is 9.64. The van der Waals surface area contributed by atoms with E-state index in [4.69, 9.17) is 5.11 Å². The van der Waals surface area contributed by atoms with E-state index in [9.17, 15) is 13.6 Å². The molecule has 0 radical (unpaired) electrons. The van der Waals surface area contributed by atoms with Crippen LogP contribution in [0.1, 0.15) is 31.1 Å². The van der Waals surface area contributed by atoms with Gasteiger partial charge in [0.05, 0.1) is 13.6 Å². The summed E-state index contributed by atoms with van der Waals surface area (Å²) in [5.74, 6) is -2.72. The first kappa shape index (κ1) is 14.8. The summed E-state index contributed by atoms with van der Waals surface area (Å²) >= 11 is 0. The SMILES string of the molecule is CC[Si](CC)(CC)c1c(F)cc(C(=O)O)cc1F. The molecule has 0 fully saturated rings. The van der Waals surface area contributed by atoms with Crippen molar-refractivity contribution in [2.24, 2.45) is 0 Å². The summed E-state index contributed by atoms with van der Waals surface area (Å²) in [6.45, 7) is 5.84. The summed E-state index contributed by atoms with van der Waals surface area (Å²) < 4.78 is 28.1. The summed E-state index contributed by atoms with van der Waals surface area (Å²) in [6, 6.07) is 4.12.